The normalized spacial score (nSPS) is 10.6. The van der Waals surface area contributed by atoms with Gasteiger partial charge in [0.05, 0.1) is 18.4 Å². The molecule has 0 bridgehead atoms. The van der Waals surface area contributed by atoms with E-state index in [1.165, 1.54) is 4.72 Å². The van der Waals surface area contributed by atoms with Gasteiger partial charge in [0.25, 0.3) is 0 Å². The summed E-state index contributed by atoms with van der Waals surface area (Å²) in [7, 11) is -3.48. The first kappa shape index (κ1) is 14.7. The van der Waals surface area contributed by atoms with Crippen LogP contribution in [0.1, 0.15) is 10.4 Å². The molecule has 0 unspecified atom stereocenters. The molecule has 1 aromatic rings. The number of aromatic carboxylic acids is 1. The second-order valence-corrected chi connectivity index (χ2v) is 4.61. The summed E-state index contributed by atoms with van der Waals surface area (Å²) < 4.78 is 43.2. The molecule has 0 aliphatic carbocycles. The molecule has 0 fully saturated rings. The molecular formula is C9H9FN2O6S. The highest BCUT2D eigenvalue weighted by atomic mass is 32.2. The maximum Gasteiger partial charge on any atom is 0.422 e. The largest absolute Gasteiger partial charge is 0.478 e. The Labute approximate surface area is 107 Å². The van der Waals surface area contributed by atoms with Crippen molar-refractivity contribution in [1.29, 1.82) is 0 Å². The van der Waals surface area contributed by atoms with Gasteiger partial charge in [0.2, 0.25) is 0 Å². The summed E-state index contributed by atoms with van der Waals surface area (Å²) in [4.78, 5) is 21.4. The van der Waals surface area contributed by atoms with Gasteiger partial charge in [-0.3, -0.25) is 4.72 Å². The van der Waals surface area contributed by atoms with E-state index in [1.807, 2.05) is 0 Å². The van der Waals surface area contributed by atoms with Crippen LogP contribution in [0.15, 0.2) is 18.2 Å². The number of hydrogen-bond donors (Lipinski definition) is 3. The smallest absolute Gasteiger partial charge is 0.422 e. The highest BCUT2D eigenvalue weighted by Gasteiger charge is 2.17. The Morgan fingerprint density at radius 3 is 2.53 bits per heavy atom. The van der Waals surface area contributed by atoms with E-state index in [4.69, 9.17) is 5.11 Å². The Bertz CT molecular complexity index is 615. The molecule has 0 aliphatic heterocycles. The van der Waals surface area contributed by atoms with Gasteiger partial charge in [0.15, 0.2) is 0 Å². The van der Waals surface area contributed by atoms with Crippen LogP contribution in [0, 0.1) is 5.82 Å². The number of benzene rings is 1. The summed E-state index contributed by atoms with van der Waals surface area (Å²) in [6.07, 6.45) is -1.28. The van der Waals surface area contributed by atoms with Crippen LogP contribution in [0.2, 0.25) is 0 Å². The topological polar surface area (TPSA) is 122 Å². The number of methoxy groups -OCH3 is 1. The zero-order valence-corrected chi connectivity index (χ0v) is 10.3. The molecule has 0 spiro atoms. The van der Waals surface area contributed by atoms with E-state index < -0.39 is 33.8 Å². The third-order valence-electron chi connectivity index (χ3n) is 1.86. The van der Waals surface area contributed by atoms with Gasteiger partial charge in [-0.25, -0.2) is 18.7 Å². The van der Waals surface area contributed by atoms with Crippen molar-refractivity contribution in [3.63, 3.8) is 0 Å². The maximum absolute atomic E-state index is 13.3. The monoisotopic (exact) mass is 292 g/mol. The van der Waals surface area contributed by atoms with Gasteiger partial charge in [0.1, 0.15) is 5.82 Å². The fourth-order valence-corrected chi connectivity index (χ4v) is 1.86. The number of hydrogen-bond acceptors (Lipinski definition) is 5. The van der Waals surface area contributed by atoms with Crippen molar-refractivity contribution < 1.29 is 32.2 Å². The van der Waals surface area contributed by atoms with E-state index in [1.54, 1.807) is 4.72 Å². The second-order valence-electron chi connectivity index (χ2n) is 3.20. The lowest BCUT2D eigenvalue weighted by molar-refractivity contribution is 0.0696. The third kappa shape index (κ3) is 4.10. The first-order valence-corrected chi connectivity index (χ1v) is 6.15. The fraction of sp³-hybridized carbons (Fsp3) is 0.111. The van der Waals surface area contributed by atoms with Gasteiger partial charge in [-0.1, -0.05) is 0 Å². The summed E-state index contributed by atoms with van der Waals surface area (Å²) in [6, 6.07) is 2.51. The summed E-state index contributed by atoms with van der Waals surface area (Å²) >= 11 is 0. The average molecular weight is 292 g/mol. The molecule has 0 saturated heterocycles. The molecule has 1 amide bonds. The number of carboxylic acids is 1. The highest BCUT2D eigenvalue weighted by molar-refractivity contribution is 7.91. The summed E-state index contributed by atoms with van der Waals surface area (Å²) in [6.45, 7) is 0. The molecule has 1 rings (SSSR count). The predicted molar refractivity (Wildman–Crippen MR) is 61.4 cm³/mol. The molecule has 104 valence electrons. The molecule has 0 saturated carbocycles. The number of nitrogens with one attached hydrogen (secondary N) is 2. The Hall–Kier alpha value is -2.36. The third-order valence-corrected chi connectivity index (χ3v) is 2.78. The highest BCUT2D eigenvalue weighted by Crippen LogP contribution is 2.17. The van der Waals surface area contributed by atoms with E-state index >= 15 is 0 Å². The lowest BCUT2D eigenvalue weighted by Crippen LogP contribution is -2.35. The molecule has 0 atom stereocenters. The van der Waals surface area contributed by atoms with E-state index in [0.29, 0.717) is 0 Å². The van der Waals surface area contributed by atoms with Crippen LogP contribution in [0.25, 0.3) is 0 Å². The zero-order valence-electron chi connectivity index (χ0n) is 9.51. The van der Waals surface area contributed by atoms with E-state index in [-0.39, 0.29) is 5.56 Å². The SMILES string of the molecule is COC(=O)NS(=O)(=O)Nc1cc(C(=O)O)ccc1F. The molecule has 3 N–H and O–H groups in total. The number of halogens is 1. The second kappa shape index (κ2) is 5.52. The molecule has 10 heteroatoms. The fourth-order valence-electron chi connectivity index (χ4n) is 1.06. The van der Waals surface area contributed by atoms with Gasteiger partial charge >= 0.3 is 22.3 Å². The molecule has 0 aromatic heterocycles. The lowest BCUT2D eigenvalue weighted by atomic mass is 10.2. The maximum atomic E-state index is 13.3. The van der Waals surface area contributed by atoms with Crippen molar-refractivity contribution in [3.05, 3.63) is 29.6 Å². The Balaban J connectivity index is 3.02. The van der Waals surface area contributed by atoms with Crippen LogP contribution in [-0.4, -0.2) is 32.7 Å². The molecule has 8 nitrogen and oxygen atoms in total. The number of carbonyl (C=O) groups excluding carboxylic acids is 1. The number of carboxylic acid groups (broad SMARTS) is 1. The van der Waals surface area contributed by atoms with E-state index in [0.717, 1.165) is 25.3 Å². The molecule has 0 aliphatic rings. The number of carbonyl (C=O) groups is 2. The minimum absolute atomic E-state index is 0.322. The summed E-state index contributed by atoms with van der Waals surface area (Å²) in [5.41, 5.74) is -0.937. The van der Waals surface area contributed by atoms with E-state index in [2.05, 4.69) is 4.74 Å². The predicted octanol–water partition coefficient (Wildman–Crippen LogP) is 0.537. The van der Waals surface area contributed by atoms with Crippen LogP contribution in [0.3, 0.4) is 0 Å². The minimum Gasteiger partial charge on any atom is -0.478 e. The lowest BCUT2D eigenvalue weighted by Gasteiger charge is -2.09. The van der Waals surface area contributed by atoms with Crippen LogP contribution in [-0.2, 0) is 14.9 Å². The molecular weight excluding hydrogens is 283 g/mol. The molecule has 1 aromatic carbocycles. The molecule has 0 heterocycles. The Morgan fingerprint density at radius 2 is 2.00 bits per heavy atom. The zero-order chi connectivity index (χ0) is 14.6. The number of anilines is 1. The molecule has 19 heavy (non-hydrogen) atoms. The first-order chi connectivity index (χ1) is 8.75. The van der Waals surface area contributed by atoms with Crippen molar-refractivity contribution >= 4 is 28.0 Å². The van der Waals surface area contributed by atoms with Crippen LogP contribution >= 0.6 is 0 Å². The van der Waals surface area contributed by atoms with Gasteiger partial charge in [-0.05, 0) is 18.2 Å². The molecule has 0 radical (unpaired) electrons. The van der Waals surface area contributed by atoms with Crippen LogP contribution in [0.4, 0.5) is 14.9 Å². The van der Waals surface area contributed by atoms with Gasteiger partial charge in [-0.15, -0.1) is 0 Å². The minimum atomic E-state index is -4.42. The number of amides is 1. The van der Waals surface area contributed by atoms with Crippen molar-refractivity contribution in [2.24, 2.45) is 0 Å². The van der Waals surface area contributed by atoms with Crippen molar-refractivity contribution in [2.75, 3.05) is 11.8 Å². The van der Waals surface area contributed by atoms with E-state index in [9.17, 15) is 22.4 Å². The Kier molecular flexibility index (Phi) is 4.27. The summed E-state index contributed by atoms with van der Waals surface area (Å²) in [5, 5.41) is 8.69. The number of ether oxygens (including phenoxy) is 1. The van der Waals surface area contributed by atoms with Gasteiger partial charge in [-0.2, -0.15) is 8.42 Å². The first-order valence-electron chi connectivity index (χ1n) is 4.66. The average Bonchev–Trinajstić information content (AvgIpc) is 2.30. The standard InChI is InChI=1S/C9H9FN2O6S/c1-18-9(15)12-19(16,17)11-7-4-5(8(13)14)2-3-6(7)10/h2-4,11H,1H3,(H,12,15)(H,13,14). The van der Waals surface area contributed by atoms with Crippen LogP contribution in [0.5, 0.6) is 0 Å². The Morgan fingerprint density at radius 1 is 1.37 bits per heavy atom. The van der Waals surface area contributed by atoms with Crippen molar-refractivity contribution in [1.82, 2.24) is 4.72 Å². The quantitative estimate of drug-likeness (QED) is 0.744. The van der Waals surface area contributed by atoms with Gasteiger partial charge < -0.3 is 9.84 Å². The van der Waals surface area contributed by atoms with Crippen LogP contribution < -0.4 is 9.44 Å². The number of rotatable bonds is 4. The van der Waals surface area contributed by atoms with Gasteiger partial charge in [0, 0.05) is 0 Å². The summed E-state index contributed by atoms with van der Waals surface area (Å²) in [5.74, 6) is -2.36. The van der Waals surface area contributed by atoms with Crippen molar-refractivity contribution in [2.45, 2.75) is 0 Å². The van der Waals surface area contributed by atoms with Crippen molar-refractivity contribution in [3.8, 4) is 0 Å².